The Morgan fingerprint density at radius 2 is 1.33 bits per heavy atom. The average Bonchev–Trinajstić information content (AvgIpc) is 1.41. The molecule has 0 aliphatic carbocycles. The van der Waals surface area contributed by atoms with Crippen LogP contribution in [0.1, 0.15) is 0 Å². The number of aliphatic hydroxyl groups is 1. The number of hydrogen-bond acceptors (Lipinski definition) is 2. The van der Waals surface area contributed by atoms with Crippen LogP contribution in [0, 0.1) is 0 Å². The van der Waals surface area contributed by atoms with Crippen LogP contribution in [0.25, 0.3) is 0 Å². The van der Waals surface area contributed by atoms with E-state index in [2.05, 4.69) is 0 Å². The molecule has 4 nitrogen and oxygen atoms in total. The number of hydrogen-bond donors (Lipinski definition) is 3. The summed E-state index contributed by atoms with van der Waals surface area (Å²) in [4.78, 5) is 14.3. The molecule has 0 unspecified atom stereocenters. The van der Waals surface area contributed by atoms with E-state index in [1.54, 1.807) is 0 Å². The second kappa shape index (κ2) is 8.82. The van der Waals surface area contributed by atoms with E-state index in [0.717, 1.165) is 7.11 Å². The van der Waals surface area contributed by atoms with Crippen LogP contribution in [0.15, 0.2) is 0 Å². The zero-order valence-electron chi connectivity index (χ0n) is 3.25. The van der Waals surface area contributed by atoms with E-state index < -0.39 is 9.17 Å². The Kier molecular flexibility index (Phi) is 13.4. The highest BCUT2D eigenvalue weighted by Gasteiger charge is 1.85. The van der Waals surface area contributed by atoms with E-state index in [4.69, 9.17) is 19.2 Å². The molecule has 0 fully saturated rings. The highest BCUT2D eigenvalue weighted by Crippen LogP contribution is 1.27. The fourth-order valence-corrected chi connectivity index (χ4v) is 0. The maximum atomic E-state index is 8.74. The Hall–Kier alpha value is -0.423. The van der Waals surface area contributed by atoms with Crippen molar-refractivity contribution in [2.45, 2.75) is 0 Å². The highest BCUT2D eigenvalue weighted by molar-refractivity contribution is 6.22. The summed E-state index contributed by atoms with van der Waals surface area (Å²) < 4.78 is 8.74. The van der Waals surface area contributed by atoms with Crippen LogP contribution in [0.4, 0.5) is 0 Å². The van der Waals surface area contributed by atoms with Gasteiger partial charge in [0.25, 0.3) is 0 Å². The molecule has 0 heterocycles. The van der Waals surface area contributed by atoms with E-state index >= 15 is 0 Å². The minimum atomic E-state index is -3.13. The van der Waals surface area contributed by atoms with Gasteiger partial charge in [-0.05, 0) is 0 Å². The first-order chi connectivity index (χ1) is 2.73. The van der Waals surface area contributed by atoms with Crippen molar-refractivity contribution in [2.75, 3.05) is 7.11 Å². The molecule has 0 aromatic heterocycles. The van der Waals surface area contributed by atoms with Crippen molar-refractivity contribution in [2.24, 2.45) is 0 Å². The van der Waals surface area contributed by atoms with Crippen LogP contribution in [0.3, 0.4) is 0 Å². The van der Waals surface area contributed by atoms with Crippen LogP contribution in [-0.2, 0) is 4.46 Å². The van der Waals surface area contributed by atoms with Crippen LogP contribution in [0.5, 0.6) is 0 Å². The Bertz CT molecular complexity index is 30.5. The first-order valence-corrected chi connectivity index (χ1v) is 2.40. The third-order valence-electron chi connectivity index (χ3n) is 0. The molecule has 0 aromatic rings. The Balaban J connectivity index is 0. The van der Waals surface area contributed by atoms with Crippen molar-refractivity contribution >= 4 is 9.17 Å². The van der Waals surface area contributed by atoms with Gasteiger partial charge in [-0.15, -0.1) is 0 Å². The Morgan fingerprint density at radius 1 is 1.33 bits per heavy atom. The SMILES string of the molecule is CO.O=[Si](O)O. The maximum absolute atomic E-state index is 8.74. The van der Waals surface area contributed by atoms with Gasteiger partial charge >= 0.3 is 9.17 Å². The average molecular weight is 110 g/mol. The minimum absolute atomic E-state index is 1.00. The lowest BCUT2D eigenvalue weighted by Crippen LogP contribution is -1.90. The lowest BCUT2D eigenvalue weighted by Gasteiger charge is -1.55. The number of rotatable bonds is 0. The molecular formula is CH6O4Si. The highest BCUT2D eigenvalue weighted by atomic mass is 28.3. The monoisotopic (exact) mass is 110 g/mol. The lowest BCUT2D eigenvalue weighted by molar-refractivity contribution is 0.330. The summed E-state index contributed by atoms with van der Waals surface area (Å²) in [7, 11) is -2.13. The maximum Gasteiger partial charge on any atom is 0.761 e. The van der Waals surface area contributed by atoms with Gasteiger partial charge in [-0.1, -0.05) is 0 Å². The first kappa shape index (κ1) is 9.13. The summed E-state index contributed by atoms with van der Waals surface area (Å²) in [5.41, 5.74) is 0. The number of aliphatic hydroxyl groups excluding tert-OH is 1. The summed E-state index contributed by atoms with van der Waals surface area (Å²) in [6.45, 7) is 0. The zero-order valence-corrected chi connectivity index (χ0v) is 4.25. The molecule has 0 saturated carbocycles. The summed E-state index contributed by atoms with van der Waals surface area (Å²) in [6.07, 6.45) is 0. The third kappa shape index (κ3) is 133. The van der Waals surface area contributed by atoms with Crippen LogP contribution >= 0.6 is 0 Å². The van der Waals surface area contributed by atoms with Crippen LogP contribution in [-0.4, -0.2) is 31.0 Å². The van der Waals surface area contributed by atoms with Crippen molar-refractivity contribution in [3.05, 3.63) is 0 Å². The van der Waals surface area contributed by atoms with Gasteiger partial charge in [-0.2, -0.15) is 0 Å². The third-order valence-corrected chi connectivity index (χ3v) is 0. The van der Waals surface area contributed by atoms with Crippen molar-refractivity contribution in [3.8, 4) is 0 Å². The normalized spacial score (nSPS) is 5.00. The summed E-state index contributed by atoms with van der Waals surface area (Å²) in [6, 6.07) is 0. The second-order valence-electron chi connectivity index (χ2n) is 0.283. The molecule has 0 amide bonds. The van der Waals surface area contributed by atoms with Crippen LogP contribution in [0.2, 0.25) is 0 Å². The molecule has 6 heavy (non-hydrogen) atoms. The molecule has 0 bridgehead atoms. The van der Waals surface area contributed by atoms with Crippen LogP contribution < -0.4 is 0 Å². The molecule has 38 valence electrons. The molecule has 3 N–H and O–H groups in total. The largest absolute Gasteiger partial charge is 0.761 e. The molecule has 0 saturated heterocycles. The standard InChI is InChI=1S/CH4O.H2O3Si/c1-2;1-4(2)3/h2H,1H3;1-2H. The summed E-state index contributed by atoms with van der Waals surface area (Å²) >= 11 is 0. The van der Waals surface area contributed by atoms with E-state index in [1.807, 2.05) is 0 Å². The Labute approximate surface area is 36.6 Å². The van der Waals surface area contributed by atoms with Gasteiger partial charge in [0.2, 0.25) is 0 Å². The molecule has 5 heteroatoms. The van der Waals surface area contributed by atoms with Crippen molar-refractivity contribution < 1.29 is 19.2 Å². The van der Waals surface area contributed by atoms with E-state index in [9.17, 15) is 0 Å². The van der Waals surface area contributed by atoms with Crippen molar-refractivity contribution in [1.29, 1.82) is 0 Å². The minimum Gasteiger partial charge on any atom is -0.511 e. The van der Waals surface area contributed by atoms with E-state index in [-0.39, 0.29) is 0 Å². The van der Waals surface area contributed by atoms with Gasteiger partial charge in [0.15, 0.2) is 0 Å². The van der Waals surface area contributed by atoms with Gasteiger partial charge in [0, 0.05) is 7.11 Å². The molecule has 0 atom stereocenters. The summed E-state index contributed by atoms with van der Waals surface area (Å²) in [5.74, 6) is 0. The van der Waals surface area contributed by atoms with Gasteiger partial charge in [0.05, 0.1) is 0 Å². The fourth-order valence-electron chi connectivity index (χ4n) is 0. The topological polar surface area (TPSA) is 77.8 Å². The van der Waals surface area contributed by atoms with Crippen molar-refractivity contribution in [3.63, 3.8) is 0 Å². The molecule has 0 spiro atoms. The molecular weight excluding hydrogens is 104 g/mol. The smallest absolute Gasteiger partial charge is 0.511 e. The van der Waals surface area contributed by atoms with Gasteiger partial charge in [-0.3, -0.25) is 4.46 Å². The molecule has 0 aliphatic rings. The molecule has 0 aliphatic heterocycles. The lowest BCUT2D eigenvalue weighted by atomic mass is 11.8. The van der Waals surface area contributed by atoms with E-state index in [0.29, 0.717) is 0 Å². The second-order valence-corrected chi connectivity index (χ2v) is 0.848. The van der Waals surface area contributed by atoms with Gasteiger partial charge < -0.3 is 14.7 Å². The molecule has 0 aromatic carbocycles. The van der Waals surface area contributed by atoms with Gasteiger partial charge in [0.1, 0.15) is 0 Å². The zero-order chi connectivity index (χ0) is 5.58. The van der Waals surface area contributed by atoms with Crippen molar-refractivity contribution in [1.82, 2.24) is 0 Å². The first-order valence-electron chi connectivity index (χ1n) is 1.10. The molecule has 0 radical (unpaired) electrons. The predicted molar refractivity (Wildman–Crippen MR) is 19.0 cm³/mol. The fraction of sp³-hybridized carbons (Fsp3) is 1.00. The predicted octanol–water partition coefficient (Wildman–Crippen LogP) is -2.01. The van der Waals surface area contributed by atoms with E-state index in [1.165, 1.54) is 0 Å². The Morgan fingerprint density at radius 3 is 1.33 bits per heavy atom. The molecule has 0 rings (SSSR count). The van der Waals surface area contributed by atoms with Gasteiger partial charge in [-0.25, -0.2) is 0 Å². The quantitative estimate of drug-likeness (QED) is 0.315. The summed E-state index contributed by atoms with van der Waals surface area (Å²) in [5, 5.41) is 7.00.